The van der Waals surface area contributed by atoms with Crippen LogP contribution in [0.25, 0.3) is 0 Å². The van der Waals surface area contributed by atoms with Gasteiger partial charge in [0.1, 0.15) is 11.6 Å². The number of thiazole rings is 1. The topological polar surface area (TPSA) is 65.5 Å². The first kappa shape index (κ1) is 12.4. The van der Waals surface area contributed by atoms with Crippen LogP contribution in [0.15, 0.2) is 11.6 Å². The molecular weight excluding hydrogens is 264 g/mol. The van der Waals surface area contributed by atoms with Crippen molar-refractivity contribution < 1.29 is 9.59 Å². The second-order valence-electron chi connectivity index (χ2n) is 4.77. The molecule has 0 aliphatic carbocycles. The van der Waals surface area contributed by atoms with Crippen LogP contribution in [0.2, 0.25) is 0 Å². The molecule has 3 heterocycles. The van der Waals surface area contributed by atoms with Crippen molar-refractivity contribution in [2.45, 2.75) is 18.9 Å². The summed E-state index contributed by atoms with van der Waals surface area (Å²) in [6, 6.07) is -0.0449. The molecule has 1 aromatic heterocycles. The molecule has 2 fully saturated rings. The lowest BCUT2D eigenvalue weighted by molar-refractivity contribution is -0.132. The number of rotatable bonds is 3. The van der Waals surface area contributed by atoms with Gasteiger partial charge in [0, 0.05) is 31.2 Å². The molecule has 2 aliphatic rings. The summed E-state index contributed by atoms with van der Waals surface area (Å²) in [6.07, 6.45) is 3.74. The average Bonchev–Trinajstić information content (AvgIpc) is 3.09. The van der Waals surface area contributed by atoms with E-state index in [0.29, 0.717) is 13.1 Å². The van der Waals surface area contributed by atoms with Gasteiger partial charge in [-0.25, -0.2) is 9.78 Å². The summed E-state index contributed by atoms with van der Waals surface area (Å²) in [6.45, 7) is 2.18. The maximum absolute atomic E-state index is 12.3. The Balaban J connectivity index is 1.67. The van der Waals surface area contributed by atoms with Gasteiger partial charge in [-0.15, -0.1) is 11.3 Å². The quantitative estimate of drug-likeness (QED) is 0.892. The monoisotopic (exact) mass is 280 g/mol. The number of carbonyl (C=O) groups is 2. The highest BCUT2D eigenvalue weighted by Gasteiger charge is 2.33. The largest absolute Gasteiger partial charge is 0.336 e. The summed E-state index contributed by atoms with van der Waals surface area (Å²) in [7, 11) is 0. The smallest absolute Gasteiger partial charge is 0.317 e. The van der Waals surface area contributed by atoms with Crippen LogP contribution in [0.1, 0.15) is 23.9 Å². The highest BCUT2D eigenvalue weighted by Crippen LogP contribution is 2.32. The van der Waals surface area contributed by atoms with E-state index in [2.05, 4.69) is 10.3 Å². The van der Waals surface area contributed by atoms with Gasteiger partial charge in [-0.2, -0.15) is 0 Å². The minimum absolute atomic E-state index is 0.0229. The average molecular weight is 280 g/mol. The standard InChI is InChI=1S/C12H16N4O2S/c17-10(8-15-6-3-14-12(15)18)16-5-1-2-9(16)11-13-4-7-19-11/h4,7,9H,1-3,5-6,8H2,(H,14,18)/t9-/m1/s1. The number of aromatic nitrogens is 1. The Hall–Kier alpha value is -1.63. The molecule has 6 nitrogen and oxygen atoms in total. The highest BCUT2D eigenvalue weighted by molar-refractivity contribution is 7.09. The SMILES string of the molecule is O=C1NCCN1CC(=O)N1CCC[C@@H]1c1nccs1. The lowest BCUT2D eigenvalue weighted by Crippen LogP contribution is -2.41. The van der Waals surface area contributed by atoms with Crippen LogP contribution >= 0.6 is 11.3 Å². The van der Waals surface area contributed by atoms with Crippen LogP contribution in [0.5, 0.6) is 0 Å². The molecule has 3 amide bonds. The van der Waals surface area contributed by atoms with Gasteiger partial charge < -0.3 is 15.1 Å². The second kappa shape index (κ2) is 5.16. The molecule has 0 spiro atoms. The van der Waals surface area contributed by atoms with Gasteiger partial charge in [-0.1, -0.05) is 0 Å². The summed E-state index contributed by atoms with van der Waals surface area (Å²) in [5.74, 6) is 0.0229. The van der Waals surface area contributed by atoms with E-state index in [-0.39, 0.29) is 24.5 Å². The van der Waals surface area contributed by atoms with Crippen LogP contribution in [-0.4, -0.2) is 52.9 Å². The van der Waals surface area contributed by atoms with Crippen molar-refractivity contribution in [2.75, 3.05) is 26.2 Å². The first-order chi connectivity index (χ1) is 9.25. The molecular formula is C12H16N4O2S. The number of nitrogens with zero attached hydrogens (tertiary/aromatic N) is 3. The Bertz CT molecular complexity index is 476. The number of carbonyl (C=O) groups excluding carboxylic acids is 2. The molecule has 1 atom stereocenters. The maximum atomic E-state index is 12.3. The third kappa shape index (κ3) is 2.42. The van der Waals surface area contributed by atoms with Crippen LogP contribution in [0, 0.1) is 0 Å². The van der Waals surface area contributed by atoms with Crippen LogP contribution < -0.4 is 5.32 Å². The van der Waals surface area contributed by atoms with E-state index in [1.807, 2.05) is 10.3 Å². The fraction of sp³-hybridized carbons (Fsp3) is 0.583. The Kier molecular flexibility index (Phi) is 3.37. The molecule has 7 heteroatoms. The van der Waals surface area contributed by atoms with Gasteiger partial charge in [-0.3, -0.25) is 4.79 Å². The number of amides is 3. The fourth-order valence-electron chi connectivity index (χ4n) is 2.64. The van der Waals surface area contributed by atoms with Crippen molar-refractivity contribution in [3.05, 3.63) is 16.6 Å². The summed E-state index contributed by atoms with van der Waals surface area (Å²) in [5.41, 5.74) is 0. The minimum atomic E-state index is -0.140. The number of likely N-dealkylation sites (tertiary alicyclic amines) is 1. The molecule has 2 aliphatic heterocycles. The van der Waals surface area contributed by atoms with E-state index in [0.717, 1.165) is 24.4 Å². The predicted octanol–water partition coefficient (Wildman–Crippen LogP) is 0.832. The molecule has 3 rings (SSSR count). The summed E-state index contributed by atoms with van der Waals surface area (Å²) < 4.78 is 0. The molecule has 0 unspecified atom stereocenters. The third-order valence-electron chi connectivity index (χ3n) is 3.58. The van der Waals surface area contributed by atoms with Crippen molar-refractivity contribution >= 4 is 23.3 Å². The molecule has 19 heavy (non-hydrogen) atoms. The summed E-state index contributed by atoms with van der Waals surface area (Å²) in [4.78, 5) is 31.5. The zero-order valence-corrected chi connectivity index (χ0v) is 11.4. The molecule has 0 radical (unpaired) electrons. The molecule has 2 saturated heterocycles. The van der Waals surface area contributed by atoms with E-state index in [1.165, 1.54) is 0 Å². The summed E-state index contributed by atoms with van der Waals surface area (Å²) in [5, 5.41) is 5.64. The van der Waals surface area contributed by atoms with Crippen LogP contribution in [0.3, 0.4) is 0 Å². The number of urea groups is 1. The van der Waals surface area contributed by atoms with Crippen molar-refractivity contribution in [2.24, 2.45) is 0 Å². The lowest BCUT2D eigenvalue weighted by Gasteiger charge is -2.25. The predicted molar refractivity (Wildman–Crippen MR) is 70.8 cm³/mol. The van der Waals surface area contributed by atoms with Gasteiger partial charge >= 0.3 is 6.03 Å². The highest BCUT2D eigenvalue weighted by atomic mass is 32.1. The zero-order valence-electron chi connectivity index (χ0n) is 10.5. The maximum Gasteiger partial charge on any atom is 0.317 e. The molecule has 0 bridgehead atoms. The Morgan fingerprint density at radius 3 is 3.11 bits per heavy atom. The van der Waals surface area contributed by atoms with Gasteiger partial charge in [0.2, 0.25) is 5.91 Å². The molecule has 0 aromatic carbocycles. The number of nitrogens with one attached hydrogen (secondary N) is 1. The van der Waals surface area contributed by atoms with Crippen LogP contribution in [-0.2, 0) is 4.79 Å². The first-order valence-corrected chi connectivity index (χ1v) is 7.35. The summed E-state index contributed by atoms with van der Waals surface area (Å²) >= 11 is 1.59. The number of hydrogen-bond donors (Lipinski definition) is 1. The van der Waals surface area contributed by atoms with Crippen molar-refractivity contribution in [1.82, 2.24) is 20.1 Å². The normalized spacial score (nSPS) is 22.9. The third-order valence-corrected chi connectivity index (χ3v) is 4.46. The van der Waals surface area contributed by atoms with Gasteiger partial charge in [0.05, 0.1) is 6.04 Å². The van der Waals surface area contributed by atoms with E-state index < -0.39 is 0 Å². The van der Waals surface area contributed by atoms with Gasteiger partial charge in [-0.05, 0) is 12.8 Å². The molecule has 0 saturated carbocycles. The lowest BCUT2D eigenvalue weighted by atomic mass is 10.2. The van der Waals surface area contributed by atoms with Gasteiger partial charge in [0.15, 0.2) is 0 Å². The fourth-order valence-corrected chi connectivity index (χ4v) is 3.42. The second-order valence-corrected chi connectivity index (χ2v) is 5.70. The van der Waals surface area contributed by atoms with Crippen LogP contribution in [0.4, 0.5) is 4.79 Å². The number of hydrogen-bond acceptors (Lipinski definition) is 4. The van der Waals surface area contributed by atoms with E-state index in [9.17, 15) is 9.59 Å². The molecule has 1 aromatic rings. The van der Waals surface area contributed by atoms with E-state index in [4.69, 9.17) is 0 Å². The van der Waals surface area contributed by atoms with Crippen molar-refractivity contribution in [1.29, 1.82) is 0 Å². The zero-order chi connectivity index (χ0) is 13.2. The van der Waals surface area contributed by atoms with Crippen molar-refractivity contribution in [3.63, 3.8) is 0 Å². The minimum Gasteiger partial charge on any atom is -0.336 e. The van der Waals surface area contributed by atoms with Gasteiger partial charge in [0.25, 0.3) is 0 Å². The molecule has 1 N–H and O–H groups in total. The molecule has 102 valence electrons. The van der Waals surface area contributed by atoms with Crippen molar-refractivity contribution in [3.8, 4) is 0 Å². The first-order valence-electron chi connectivity index (χ1n) is 6.47. The van der Waals surface area contributed by atoms with E-state index in [1.54, 1.807) is 22.4 Å². The Morgan fingerprint density at radius 2 is 2.42 bits per heavy atom. The Labute approximate surface area is 115 Å². The Morgan fingerprint density at radius 1 is 1.53 bits per heavy atom. The van der Waals surface area contributed by atoms with E-state index >= 15 is 0 Å².